The van der Waals surface area contributed by atoms with Gasteiger partial charge < -0.3 is 10.6 Å². The Morgan fingerprint density at radius 1 is 1.15 bits per heavy atom. The van der Waals surface area contributed by atoms with Gasteiger partial charge in [-0.1, -0.05) is 18.2 Å². The van der Waals surface area contributed by atoms with Crippen LogP contribution >= 0.6 is 0 Å². The number of sulfone groups is 1. The van der Waals surface area contributed by atoms with Crippen LogP contribution in [0.2, 0.25) is 0 Å². The molecule has 3 rings (SSSR count). The van der Waals surface area contributed by atoms with E-state index in [1.54, 1.807) is 6.20 Å². The van der Waals surface area contributed by atoms with E-state index in [4.69, 9.17) is 5.73 Å². The van der Waals surface area contributed by atoms with Crippen molar-refractivity contribution in [1.82, 2.24) is 4.98 Å². The van der Waals surface area contributed by atoms with Gasteiger partial charge in [-0.25, -0.2) is 8.42 Å². The number of para-hydroxylation sites is 1. The quantitative estimate of drug-likeness (QED) is 0.860. The molecule has 1 aromatic carbocycles. The Hall–Kier alpha value is -1.82. The normalized spacial score (nSPS) is 18.9. The molecule has 20 heavy (non-hydrogen) atoms. The van der Waals surface area contributed by atoms with Gasteiger partial charge in [-0.15, -0.1) is 0 Å². The number of aromatic nitrogens is 1. The molecule has 0 bridgehead atoms. The minimum atomic E-state index is -2.92. The minimum absolute atomic E-state index is 0.184. The van der Waals surface area contributed by atoms with E-state index in [1.165, 1.54) is 0 Å². The molecule has 6 heteroatoms. The third kappa shape index (κ3) is 2.43. The number of rotatable bonds is 1. The molecule has 2 aromatic rings. The molecule has 0 saturated carbocycles. The molecule has 1 aromatic heterocycles. The van der Waals surface area contributed by atoms with E-state index in [-0.39, 0.29) is 11.5 Å². The van der Waals surface area contributed by atoms with Crippen molar-refractivity contribution in [2.45, 2.75) is 6.42 Å². The van der Waals surface area contributed by atoms with Gasteiger partial charge in [-0.3, -0.25) is 4.98 Å². The first-order valence-electron chi connectivity index (χ1n) is 6.65. The predicted molar refractivity (Wildman–Crippen MR) is 81.6 cm³/mol. The summed E-state index contributed by atoms with van der Waals surface area (Å²) < 4.78 is 23.5. The highest BCUT2D eigenvalue weighted by atomic mass is 32.2. The van der Waals surface area contributed by atoms with Crippen molar-refractivity contribution >= 4 is 32.1 Å². The Morgan fingerprint density at radius 2 is 1.95 bits per heavy atom. The maximum atomic E-state index is 11.7. The van der Waals surface area contributed by atoms with E-state index >= 15 is 0 Å². The fourth-order valence-electron chi connectivity index (χ4n) is 2.66. The Kier molecular flexibility index (Phi) is 3.25. The summed E-state index contributed by atoms with van der Waals surface area (Å²) in [5, 5.41) is 0.979. The number of benzene rings is 1. The number of pyridine rings is 1. The average molecular weight is 291 g/mol. The summed E-state index contributed by atoms with van der Waals surface area (Å²) in [6.07, 6.45) is 2.29. The summed E-state index contributed by atoms with van der Waals surface area (Å²) in [5.74, 6) is 0.440. The van der Waals surface area contributed by atoms with E-state index < -0.39 is 9.84 Å². The number of nitrogens with two attached hydrogens (primary N) is 1. The van der Waals surface area contributed by atoms with Crippen molar-refractivity contribution in [1.29, 1.82) is 0 Å². The van der Waals surface area contributed by atoms with Gasteiger partial charge in [0.05, 0.1) is 34.6 Å². The van der Waals surface area contributed by atoms with Gasteiger partial charge in [-0.05, 0) is 12.5 Å². The molecule has 0 unspecified atom stereocenters. The number of nitrogen functional groups attached to an aromatic ring is 1. The molecule has 1 aliphatic heterocycles. The molecule has 106 valence electrons. The minimum Gasteiger partial charge on any atom is -0.396 e. The van der Waals surface area contributed by atoms with Crippen molar-refractivity contribution in [2.24, 2.45) is 0 Å². The Morgan fingerprint density at radius 3 is 2.80 bits per heavy atom. The fourth-order valence-corrected chi connectivity index (χ4v) is 3.93. The van der Waals surface area contributed by atoms with Gasteiger partial charge in [0.15, 0.2) is 9.84 Å². The van der Waals surface area contributed by atoms with Gasteiger partial charge in [0.25, 0.3) is 0 Å². The van der Waals surface area contributed by atoms with Crippen molar-refractivity contribution in [3.63, 3.8) is 0 Å². The molecule has 0 aliphatic carbocycles. The Labute approximate surface area is 118 Å². The van der Waals surface area contributed by atoms with Gasteiger partial charge in [0.2, 0.25) is 0 Å². The van der Waals surface area contributed by atoms with E-state index in [1.807, 2.05) is 24.3 Å². The number of hydrogen-bond acceptors (Lipinski definition) is 5. The third-order valence-electron chi connectivity index (χ3n) is 3.65. The fraction of sp³-hybridized carbons (Fsp3) is 0.357. The third-order valence-corrected chi connectivity index (χ3v) is 5.36. The molecule has 2 N–H and O–H groups in total. The van der Waals surface area contributed by atoms with E-state index in [9.17, 15) is 8.42 Å². The topological polar surface area (TPSA) is 76.3 Å². The highest BCUT2D eigenvalue weighted by Gasteiger charge is 2.22. The summed E-state index contributed by atoms with van der Waals surface area (Å²) in [5.41, 5.74) is 8.47. The SMILES string of the molecule is Nc1cnc2ccccc2c1N1CCCS(=O)(=O)CC1. The first kappa shape index (κ1) is 13.2. The number of nitrogens with zero attached hydrogens (tertiary/aromatic N) is 2. The molecule has 2 heterocycles. The standard InChI is InChI=1S/C14H17N3O2S/c15-12-10-16-13-5-2-1-4-11(13)14(12)17-6-3-8-20(18,19)9-7-17/h1-2,4-5,10H,3,6-9,15H2. The summed E-state index contributed by atoms with van der Waals surface area (Å²) in [4.78, 5) is 6.39. The first-order valence-corrected chi connectivity index (χ1v) is 8.47. The van der Waals surface area contributed by atoms with Crippen LogP contribution in [-0.4, -0.2) is 38.0 Å². The van der Waals surface area contributed by atoms with Crippen LogP contribution in [0, 0.1) is 0 Å². The van der Waals surface area contributed by atoms with Crippen LogP contribution < -0.4 is 10.6 Å². The summed E-state index contributed by atoms with van der Waals surface area (Å²) in [6, 6.07) is 7.80. The zero-order valence-electron chi connectivity index (χ0n) is 11.1. The molecule has 1 fully saturated rings. The van der Waals surface area contributed by atoms with Crippen molar-refractivity contribution in [3.8, 4) is 0 Å². The van der Waals surface area contributed by atoms with E-state index in [2.05, 4.69) is 9.88 Å². The highest BCUT2D eigenvalue weighted by Crippen LogP contribution is 2.32. The van der Waals surface area contributed by atoms with E-state index in [0.29, 0.717) is 25.2 Å². The van der Waals surface area contributed by atoms with Crippen LogP contribution in [0.4, 0.5) is 11.4 Å². The number of anilines is 2. The lowest BCUT2D eigenvalue weighted by molar-refractivity contribution is 0.597. The monoisotopic (exact) mass is 291 g/mol. The van der Waals surface area contributed by atoms with Crippen LogP contribution in [0.15, 0.2) is 30.5 Å². The van der Waals surface area contributed by atoms with Crippen LogP contribution in [0.5, 0.6) is 0 Å². The van der Waals surface area contributed by atoms with Crippen LogP contribution in [-0.2, 0) is 9.84 Å². The summed E-state index contributed by atoms with van der Waals surface area (Å²) in [6.45, 7) is 1.19. The maximum Gasteiger partial charge on any atom is 0.152 e. The van der Waals surface area contributed by atoms with E-state index in [0.717, 1.165) is 16.6 Å². The lowest BCUT2D eigenvalue weighted by atomic mass is 10.1. The zero-order valence-corrected chi connectivity index (χ0v) is 11.9. The molecule has 1 saturated heterocycles. The molecule has 0 atom stereocenters. The Bertz CT molecular complexity index is 743. The molecular formula is C14H17N3O2S. The van der Waals surface area contributed by atoms with Crippen LogP contribution in [0.1, 0.15) is 6.42 Å². The first-order chi connectivity index (χ1) is 9.57. The highest BCUT2D eigenvalue weighted by molar-refractivity contribution is 7.91. The average Bonchev–Trinajstić information content (AvgIpc) is 2.60. The van der Waals surface area contributed by atoms with Crippen LogP contribution in [0.3, 0.4) is 0 Å². The second-order valence-electron chi connectivity index (χ2n) is 5.07. The maximum absolute atomic E-state index is 11.7. The Balaban J connectivity index is 2.07. The van der Waals surface area contributed by atoms with Crippen molar-refractivity contribution in [3.05, 3.63) is 30.5 Å². The van der Waals surface area contributed by atoms with Crippen molar-refractivity contribution < 1.29 is 8.42 Å². The van der Waals surface area contributed by atoms with Crippen molar-refractivity contribution in [2.75, 3.05) is 35.2 Å². The molecule has 0 spiro atoms. The summed E-state index contributed by atoms with van der Waals surface area (Å²) in [7, 11) is -2.92. The smallest absolute Gasteiger partial charge is 0.152 e. The van der Waals surface area contributed by atoms with Gasteiger partial charge in [0, 0.05) is 18.5 Å². The largest absolute Gasteiger partial charge is 0.396 e. The molecule has 0 radical (unpaired) electrons. The molecule has 0 amide bonds. The second kappa shape index (κ2) is 4.94. The van der Waals surface area contributed by atoms with Gasteiger partial charge >= 0.3 is 0 Å². The molecule has 1 aliphatic rings. The lowest BCUT2D eigenvalue weighted by Crippen LogP contribution is -2.27. The van der Waals surface area contributed by atoms with Gasteiger partial charge in [-0.2, -0.15) is 0 Å². The second-order valence-corrected chi connectivity index (χ2v) is 7.38. The zero-order chi connectivity index (χ0) is 14.2. The van der Waals surface area contributed by atoms with Crippen LogP contribution in [0.25, 0.3) is 10.9 Å². The predicted octanol–water partition coefficient (Wildman–Crippen LogP) is 1.44. The molecular weight excluding hydrogens is 274 g/mol. The molecule has 5 nitrogen and oxygen atoms in total. The number of hydrogen-bond donors (Lipinski definition) is 1. The lowest BCUT2D eigenvalue weighted by Gasteiger charge is -2.25. The summed E-state index contributed by atoms with van der Waals surface area (Å²) >= 11 is 0. The number of fused-ring (bicyclic) bond motifs is 1. The van der Waals surface area contributed by atoms with Gasteiger partial charge in [0.1, 0.15) is 0 Å².